The summed E-state index contributed by atoms with van der Waals surface area (Å²) in [7, 11) is 1.84. The first-order valence-electron chi connectivity index (χ1n) is 6.13. The minimum absolute atomic E-state index is 0.268. The van der Waals surface area contributed by atoms with Gasteiger partial charge in [0.05, 0.1) is 17.3 Å². The molecule has 7 heteroatoms. The third-order valence-corrected chi connectivity index (χ3v) is 4.02. The van der Waals surface area contributed by atoms with Gasteiger partial charge in [0, 0.05) is 39.7 Å². The number of hydrogen-bond acceptors (Lipinski definition) is 5. The predicted molar refractivity (Wildman–Crippen MR) is 70.0 cm³/mol. The molecule has 1 atom stereocenters. The molecular weight excluding hydrogens is 300 g/mol. The van der Waals surface area contributed by atoms with Gasteiger partial charge in [-0.05, 0) is 22.9 Å². The fourth-order valence-electron chi connectivity index (χ4n) is 2.47. The molecule has 0 amide bonds. The molecular formula is C11H19BrN4O2. The van der Waals surface area contributed by atoms with Crippen LogP contribution in [0, 0.1) is 0 Å². The van der Waals surface area contributed by atoms with Gasteiger partial charge in [0.15, 0.2) is 4.60 Å². The Labute approximate surface area is 115 Å². The highest BCUT2D eigenvalue weighted by Crippen LogP contribution is 2.37. The van der Waals surface area contributed by atoms with Crippen LogP contribution in [0.25, 0.3) is 0 Å². The average Bonchev–Trinajstić information content (AvgIpc) is 2.70. The van der Waals surface area contributed by atoms with Gasteiger partial charge >= 0.3 is 0 Å². The second-order valence-electron chi connectivity index (χ2n) is 4.48. The highest BCUT2D eigenvalue weighted by Gasteiger charge is 2.42. The Morgan fingerprint density at radius 1 is 1.56 bits per heavy atom. The fourth-order valence-corrected chi connectivity index (χ4v) is 3.04. The lowest BCUT2D eigenvalue weighted by atomic mass is 9.84. The molecule has 18 heavy (non-hydrogen) atoms. The summed E-state index contributed by atoms with van der Waals surface area (Å²) in [6.45, 7) is 3.98. The van der Waals surface area contributed by atoms with Crippen molar-refractivity contribution >= 4 is 15.9 Å². The van der Waals surface area contributed by atoms with Gasteiger partial charge in [0.25, 0.3) is 0 Å². The van der Waals surface area contributed by atoms with Crippen LogP contribution in [0.2, 0.25) is 0 Å². The molecule has 0 spiro atoms. The molecule has 1 unspecified atom stereocenters. The third kappa shape index (κ3) is 2.45. The first-order chi connectivity index (χ1) is 8.60. The van der Waals surface area contributed by atoms with E-state index in [4.69, 9.17) is 15.2 Å². The van der Waals surface area contributed by atoms with Crippen molar-refractivity contribution in [2.75, 3.05) is 19.8 Å². The molecule has 6 nitrogen and oxygen atoms in total. The zero-order valence-corrected chi connectivity index (χ0v) is 12.3. The van der Waals surface area contributed by atoms with Crippen LogP contribution in [0.3, 0.4) is 0 Å². The molecule has 0 bridgehead atoms. The van der Waals surface area contributed by atoms with E-state index >= 15 is 0 Å². The number of ether oxygens (including phenoxy) is 2. The fraction of sp³-hybridized carbons (Fsp3) is 0.818. The zero-order chi connectivity index (χ0) is 13.2. The van der Waals surface area contributed by atoms with E-state index in [0.29, 0.717) is 24.4 Å². The second kappa shape index (κ2) is 5.64. The van der Waals surface area contributed by atoms with Crippen LogP contribution in [0.5, 0.6) is 0 Å². The maximum atomic E-state index is 6.43. The Hall–Kier alpha value is -0.500. The molecule has 0 aromatic carbocycles. The number of nitrogens with two attached hydrogens (primary N) is 1. The van der Waals surface area contributed by atoms with Crippen LogP contribution in [0.1, 0.15) is 31.5 Å². The average molecular weight is 319 g/mol. The van der Waals surface area contributed by atoms with E-state index in [0.717, 1.165) is 18.5 Å². The molecule has 2 rings (SSSR count). The molecule has 1 saturated heterocycles. The number of halogens is 1. The van der Waals surface area contributed by atoms with Gasteiger partial charge in [-0.3, -0.25) is 0 Å². The highest BCUT2D eigenvalue weighted by atomic mass is 79.9. The van der Waals surface area contributed by atoms with Crippen molar-refractivity contribution in [2.24, 2.45) is 12.8 Å². The largest absolute Gasteiger partial charge is 0.381 e. The van der Waals surface area contributed by atoms with Crippen LogP contribution >= 0.6 is 15.9 Å². The molecule has 2 heterocycles. The van der Waals surface area contributed by atoms with Crippen molar-refractivity contribution in [3.63, 3.8) is 0 Å². The molecule has 102 valence electrons. The molecule has 2 N–H and O–H groups in total. The quantitative estimate of drug-likeness (QED) is 0.901. The topological polar surface area (TPSA) is 75.2 Å². The van der Waals surface area contributed by atoms with E-state index in [1.165, 1.54) is 0 Å². The Morgan fingerprint density at radius 2 is 2.22 bits per heavy atom. The smallest absolute Gasteiger partial charge is 0.153 e. The minimum Gasteiger partial charge on any atom is -0.381 e. The summed E-state index contributed by atoms with van der Waals surface area (Å²) in [5.41, 5.74) is 6.91. The molecule has 0 radical (unpaired) electrons. The van der Waals surface area contributed by atoms with E-state index in [9.17, 15) is 0 Å². The van der Waals surface area contributed by atoms with Crippen molar-refractivity contribution in [1.29, 1.82) is 0 Å². The van der Waals surface area contributed by atoms with Crippen LogP contribution in [0.4, 0.5) is 0 Å². The molecule has 0 aliphatic carbocycles. The molecule has 1 fully saturated rings. The predicted octanol–water partition coefficient (Wildman–Crippen LogP) is 1.16. The maximum Gasteiger partial charge on any atom is 0.153 e. The summed E-state index contributed by atoms with van der Waals surface area (Å²) in [6.07, 6.45) is 1.58. The molecule has 0 saturated carbocycles. The lowest BCUT2D eigenvalue weighted by Crippen LogP contribution is -2.48. The second-order valence-corrected chi connectivity index (χ2v) is 5.23. The molecule has 1 aromatic heterocycles. The summed E-state index contributed by atoms with van der Waals surface area (Å²) >= 11 is 3.40. The normalized spacial score (nSPS) is 20.9. The van der Waals surface area contributed by atoms with Crippen LogP contribution < -0.4 is 5.73 Å². The van der Waals surface area contributed by atoms with Gasteiger partial charge < -0.3 is 15.2 Å². The Bertz CT molecular complexity index is 379. The Morgan fingerprint density at radius 3 is 2.72 bits per heavy atom. The maximum absolute atomic E-state index is 6.43. The van der Waals surface area contributed by atoms with E-state index in [1.54, 1.807) is 4.68 Å². The Balaban J connectivity index is 2.30. The molecule has 1 aliphatic heterocycles. The van der Waals surface area contributed by atoms with Gasteiger partial charge in [-0.1, -0.05) is 5.21 Å². The van der Waals surface area contributed by atoms with Crippen LogP contribution in [-0.2, 0) is 16.5 Å². The van der Waals surface area contributed by atoms with Gasteiger partial charge in [-0.15, -0.1) is 5.10 Å². The standard InChI is InChI=1S/C11H19BrN4O2/c1-3-18-11(4-6-17-7-5-11)9(13)8-10(12)14-15-16(8)2/h9H,3-7,13H2,1-2H3. The van der Waals surface area contributed by atoms with Crippen LogP contribution in [-0.4, -0.2) is 40.4 Å². The van der Waals surface area contributed by atoms with Crippen LogP contribution in [0.15, 0.2) is 4.60 Å². The van der Waals surface area contributed by atoms with E-state index in [1.807, 2.05) is 14.0 Å². The third-order valence-electron chi connectivity index (χ3n) is 3.46. The molecule has 1 aliphatic rings. The first kappa shape index (κ1) is 13.9. The van der Waals surface area contributed by atoms with Gasteiger partial charge in [-0.2, -0.15) is 0 Å². The summed E-state index contributed by atoms with van der Waals surface area (Å²) in [5, 5.41) is 7.96. The summed E-state index contributed by atoms with van der Waals surface area (Å²) in [4.78, 5) is 0. The number of rotatable bonds is 4. The van der Waals surface area contributed by atoms with Gasteiger partial charge in [-0.25, -0.2) is 4.68 Å². The zero-order valence-electron chi connectivity index (χ0n) is 10.7. The van der Waals surface area contributed by atoms with Crippen molar-refractivity contribution in [3.8, 4) is 0 Å². The van der Waals surface area contributed by atoms with Crippen molar-refractivity contribution < 1.29 is 9.47 Å². The van der Waals surface area contributed by atoms with Crippen molar-refractivity contribution in [3.05, 3.63) is 10.3 Å². The Kier molecular flexibility index (Phi) is 4.37. The number of hydrogen-bond donors (Lipinski definition) is 1. The monoisotopic (exact) mass is 318 g/mol. The highest BCUT2D eigenvalue weighted by molar-refractivity contribution is 9.10. The van der Waals surface area contributed by atoms with E-state index in [2.05, 4.69) is 26.2 Å². The number of aryl methyl sites for hydroxylation is 1. The number of nitrogens with zero attached hydrogens (tertiary/aromatic N) is 3. The van der Waals surface area contributed by atoms with E-state index < -0.39 is 0 Å². The van der Waals surface area contributed by atoms with Crippen molar-refractivity contribution in [1.82, 2.24) is 15.0 Å². The minimum atomic E-state index is -0.384. The van der Waals surface area contributed by atoms with Gasteiger partial charge in [0.1, 0.15) is 0 Å². The number of aromatic nitrogens is 3. The van der Waals surface area contributed by atoms with Crippen molar-refractivity contribution in [2.45, 2.75) is 31.4 Å². The lowest BCUT2D eigenvalue weighted by Gasteiger charge is -2.41. The SMILES string of the molecule is CCOC1(C(N)c2c(Br)nnn2C)CCOCC1. The lowest BCUT2D eigenvalue weighted by molar-refractivity contribution is -0.122. The summed E-state index contributed by atoms with van der Waals surface area (Å²) in [5.74, 6) is 0. The first-order valence-corrected chi connectivity index (χ1v) is 6.92. The molecule has 1 aromatic rings. The summed E-state index contributed by atoms with van der Waals surface area (Å²) in [6, 6.07) is -0.268. The summed E-state index contributed by atoms with van der Waals surface area (Å²) < 4.78 is 13.8. The van der Waals surface area contributed by atoms with E-state index in [-0.39, 0.29) is 11.6 Å². The van der Waals surface area contributed by atoms with Gasteiger partial charge in [0.2, 0.25) is 0 Å².